The molecule has 2 fully saturated rings. The fraction of sp³-hybridized carbons (Fsp3) is 0.375. The molecule has 25 heavy (non-hydrogen) atoms. The summed E-state index contributed by atoms with van der Waals surface area (Å²) in [6.07, 6.45) is 0. The van der Waals surface area contributed by atoms with Gasteiger partial charge in [0.05, 0.1) is 22.6 Å². The lowest BCUT2D eigenvalue weighted by atomic mass is 10.1. The lowest BCUT2D eigenvalue weighted by Crippen LogP contribution is -2.64. The Kier molecular flexibility index (Phi) is 4.10. The summed E-state index contributed by atoms with van der Waals surface area (Å²) in [6.45, 7) is 2.32. The first kappa shape index (κ1) is 16.6. The predicted octanol–water partition coefficient (Wildman–Crippen LogP) is 1.87. The van der Waals surface area contributed by atoms with Crippen molar-refractivity contribution in [2.45, 2.75) is 6.04 Å². The van der Waals surface area contributed by atoms with Crippen molar-refractivity contribution < 1.29 is 14.0 Å². The molecule has 1 aromatic carbocycles. The Labute approximate surface area is 152 Å². The molecular formula is C16H15Cl2FN4O2. The number of piperazine rings is 2. The van der Waals surface area contributed by atoms with Crippen molar-refractivity contribution in [2.75, 3.05) is 32.7 Å². The summed E-state index contributed by atoms with van der Waals surface area (Å²) in [7, 11) is 0. The van der Waals surface area contributed by atoms with Crippen LogP contribution in [0.15, 0.2) is 12.1 Å². The van der Waals surface area contributed by atoms with E-state index in [2.05, 4.69) is 10.3 Å². The quantitative estimate of drug-likeness (QED) is 0.788. The number of benzene rings is 1. The molecule has 1 unspecified atom stereocenters. The lowest BCUT2D eigenvalue weighted by Gasteiger charge is -2.44. The molecule has 2 amide bonds. The highest BCUT2D eigenvalue weighted by Gasteiger charge is 2.36. The van der Waals surface area contributed by atoms with Crippen LogP contribution >= 0.6 is 23.2 Å². The fourth-order valence-electron chi connectivity index (χ4n) is 3.48. The second-order valence-electron chi connectivity index (χ2n) is 6.22. The van der Waals surface area contributed by atoms with E-state index in [-0.39, 0.29) is 33.6 Å². The molecule has 132 valence electrons. The Morgan fingerprint density at radius 1 is 1.24 bits per heavy atom. The number of amides is 2. The maximum atomic E-state index is 13.7. The molecular weight excluding hydrogens is 370 g/mol. The highest BCUT2D eigenvalue weighted by atomic mass is 35.5. The summed E-state index contributed by atoms with van der Waals surface area (Å²) in [5, 5.41) is 3.37. The van der Waals surface area contributed by atoms with Crippen LogP contribution in [0.3, 0.4) is 0 Å². The minimum Gasteiger partial charge on any atom is -0.349 e. The van der Waals surface area contributed by atoms with Crippen LogP contribution in [0.2, 0.25) is 10.0 Å². The molecule has 2 aromatic rings. The van der Waals surface area contributed by atoms with Crippen molar-refractivity contribution in [3.63, 3.8) is 0 Å². The zero-order valence-corrected chi connectivity index (χ0v) is 14.6. The molecule has 2 aliphatic rings. The lowest BCUT2D eigenvalue weighted by molar-refractivity contribution is -0.137. The van der Waals surface area contributed by atoms with Gasteiger partial charge in [0.1, 0.15) is 11.5 Å². The molecule has 4 rings (SSSR count). The molecule has 2 aliphatic heterocycles. The summed E-state index contributed by atoms with van der Waals surface area (Å²) in [5.41, 5.74) is 0.695. The number of fused-ring (bicyclic) bond motifs is 2. The van der Waals surface area contributed by atoms with Crippen LogP contribution in [0.5, 0.6) is 0 Å². The second-order valence-corrected chi connectivity index (χ2v) is 6.98. The van der Waals surface area contributed by atoms with Gasteiger partial charge in [-0.25, -0.2) is 4.39 Å². The standard InChI is InChI=1S/C16H15Cl2FN4O2/c17-13-9(19)1-2-10-12(13)14(18)15(21-10)16(25)22-3-4-23-8(7-22)5-20-6-11(23)24/h1-2,8,20-21H,3-7H2. The number of carbonyl (C=O) groups is 2. The normalized spacial score (nSPS) is 20.9. The van der Waals surface area contributed by atoms with Crippen LogP contribution in [0.4, 0.5) is 4.39 Å². The number of rotatable bonds is 1. The van der Waals surface area contributed by atoms with Crippen molar-refractivity contribution in [3.8, 4) is 0 Å². The van der Waals surface area contributed by atoms with Gasteiger partial charge in [0, 0.05) is 37.1 Å². The second kappa shape index (κ2) is 6.16. The van der Waals surface area contributed by atoms with Gasteiger partial charge in [0.25, 0.3) is 5.91 Å². The molecule has 9 heteroatoms. The smallest absolute Gasteiger partial charge is 0.271 e. The number of hydrogen-bond acceptors (Lipinski definition) is 3. The van der Waals surface area contributed by atoms with Crippen molar-refractivity contribution >= 4 is 45.9 Å². The molecule has 6 nitrogen and oxygen atoms in total. The Bertz CT molecular complexity index is 885. The van der Waals surface area contributed by atoms with Gasteiger partial charge >= 0.3 is 0 Å². The number of halogens is 3. The molecule has 0 bridgehead atoms. The fourth-order valence-corrected chi connectivity index (χ4v) is 4.11. The SMILES string of the molecule is O=C(c1[nH]c2ccc(F)c(Cl)c2c1Cl)N1CCN2C(=O)CNCC2C1. The van der Waals surface area contributed by atoms with Crippen LogP contribution < -0.4 is 5.32 Å². The van der Waals surface area contributed by atoms with Gasteiger partial charge in [0.15, 0.2) is 0 Å². The van der Waals surface area contributed by atoms with Crippen LogP contribution in [-0.2, 0) is 4.79 Å². The number of aromatic amines is 1. The minimum absolute atomic E-state index is 0.0502. The van der Waals surface area contributed by atoms with Crippen molar-refractivity contribution in [1.82, 2.24) is 20.1 Å². The first-order chi connectivity index (χ1) is 12.0. The zero-order chi connectivity index (χ0) is 17.7. The molecule has 0 spiro atoms. The first-order valence-electron chi connectivity index (χ1n) is 7.92. The Balaban J connectivity index is 1.63. The monoisotopic (exact) mass is 384 g/mol. The van der Waals surface area contributed by atoms with Gasteiger partial charge in [0.2, 0.25) is 5.91 Å². The maximum absolute atomic E-state index is 13.7. The molecule has 0 aliphatic carbocycles. The molecule has 2 saturated heterocycles. The van der Waals surface area contributed by atoms with Crippen LogP contribution in [0.25, 0.3) is 10.9 Å². The van der Waals surface area contributed by atoms with E-state index in [1.165, 1.54) is 12.1 Å². The number of aromatic nitrogens is 1. The van der Waals surface area contributed by atoms with E-state index in [0.29, 0.717) is 43.6 Å². The van der Waals surface area contributed by atoms with E-state index in [0.717, 1.165) is 0 Å². The van der Waals surface area contributed by atoms with Gasteiger partial charge in [-0.2, -0.15) is 0 Å². The van der Waals surface area contributed by atoms with Crippen molar-refractivity contribution in [2.24, 2.45) is 0 Å². The minimum atomic E-state index is -0.588. The maximum Gasteiger partial charge on any atom is 0.271 e. The highest BCUT2D eigenvalue weighted by molar-refractivity contribution is 6.44. The van der Waals surface area contributed by atoms with Gasteiger partial charge < -0.3 is 20.1 Å². The van der Waals surface area contributed by atoms with Crippen LogP contribution in [0, 0.1) is 5.82 Å². The van der Waals surface area contributed by atoms with E-state index >= 15 is 0 Å². The van der Waals surface area contributed by atoms with E-state index < -0.39 is 5.82 Å². The predicted molar refractivity (Wildman–Crippen MR) is 92.6 cm³/mol. The zero-order valence-electron chi connectivity index (χ0n) is 13.1. The molecule has 2 N–H and O–H groups in total. The van der Waals surface area contributed by atoms with Crippen LogP contribution in [0.1, 0.15) is 10.5 Å². The summed E-state index contributed by atoms with van der Waals surface area (Å²) in [5.74, 6) is -0.820. The van der Waals surface area contributed by atoms with Gasteiger partial charge in [-0.05, 0) is 12.1 Å². The number of hydrogen-bond donors (Lipinski definition) is 2. The third-order valence-corrected chi connectivity index (χ3v) is 5.50. The van der Waals surface area contributed by atoms with Gasteiger partial charge in [-0.15, -0.1) is 0 Å². The number of carbonyl (C=O) groups excluding carboxylic acids is 2. The van der Waals surface area contributed by atoms with E-state index in [4.69, 9.17) is 23.2 Å². The number of nitrogens with one attached hydrogen (secondary N) is 2. The summed E-state index contributed by atoms with van der Waals surface area (Å²) in [6, 6.07) is 2.67. The summed E-state index contributed by atoms with van der Waals surface area (Å²) < 4.78 is 13.7. The van der Waals surface area contributed by atoms with E-state index in [1.807, 2.05) is 0 Å². The summed E-state index contributed by atoms with van der Waals surface area (Å²) in [4.78, 5) is 31.2. The van der Waals surface area contributed by atoms with Crippen LogP contribution in [-0.4, -0.2) is 65.4 Å². The third kappa shape index (κ3) is 2.67. The van der Waals surface area contributed by atoms with Crippen molar-refractivity contribution in [3.05, 3.63) is 33.7 Å². The number of nitrogens with zero attached hydrogens (tertiary/aromatic N) is 2. The van der Waals surface area contributed by atoms with Gasteiger partial charge in [-0.1, -0.05) is 23.2 Å². The average molecular weight is 385 g/mol. The van der Waals surface area contributed by atoms with Crippen molar-refractivity contribution in [1.29, 1.82) is 0 Å². The molecule has 3 heterocycles. The van der Waals surface area contributed by atoms with Gasteiger partial charge in [-0.3, -0.25) is 9.59 Å². The number of H-pyrrole nitrogens is 1. The molecule has 0 saturated carbocycles. The molecule has 1 aromatic heterocycles. The summed E-state index contributed by atoms with van der Waals surface area (Å²) >= 11 is 12.3. The Morgan fingerprint density at radius 3 is 2.84 bits per heavy atom. The molecule has 1 atom stereocenters. The first-order valence-corrected chi connectivity index (χ1v) is 8.67. The Hall–Kier alpha value is -1.83. The largest absolute Gasteiger partial charge is 0.349 e. The molecule has 0 radical (unpaired) electrons. The third-order valence-electron chi connectivity index (χ3n) is 4.75. The average Bonchev–Trinajstić information content (AvgIpc) is 2.95. The highest BCUT2D eigenvalue weighted by Crippen LogP contribution is 2.35. The van der Waals surface area contributed by atoms with E-state index in [1.54, 1.807) is 9.80 Å². The van der Waals surface area contributed by atoms with E-state index in [9.17, 15) is 14.0 Å². The Morgan fingerprint density at radius 2 is 2.04 bits per heavy atom. The topological polar surface area (TPSA) is 68.4 Å².